The van der Waals surface area contributed by atoms with Gasteiger partial charge in [-0.05, 0) is 60.9 Å². The quantitative estimate of drug-likeness (QED) is 0.564. The van der Waals surface area contributed by atoms with Crippen LogP contribution in [0.3, 0.4) is 0 Å². The fourth-order valence-corrected chi connectivity index (χ4v) is 2.68. The number of hydrogen-bond acceptors (Lipinski definition) is 2. The predicted molar refractivity (Wildman–Crippen MR) is 93.8 cm³/mol. The Kier molecular flexibility index (Phi) is 6.71. The van der Waals surface area contributed by atoms with Gasteiger partial charge in [-0.3, -0.25) is 4.79 Å². The van der Waals surface area contributed by atoms with Crippen LogP contribution in [0.4, 0.5) is 13.2 Å². The summed E-state index contributed by atoms with van der Waals surface area (Å²) in [7, 11) is 0. The maximum Gasteiger partial charge on any atom is 0.416 e. The normalized spacial score (nSPS) is 12.8. The van der Waals surface area contributed by atoms with Crippen molar-refractivity contribution in [1.29, 1.82) is 0 Å². The second-order valence-electron chi connectivity index (χ2n) is 7.70. The lowest BCUT2D eigenvalue weighted by Crippen LogP contribution is -2.28. The zero-order valence-electron chi connectivity index (χ0n) is 16.2. The van der Waals surface area contributed by atoms with Crippen molar-refractivity contribution in [3.8, 4) is 0 Å². The standard InChI is InChI=1S/C20H29F3O2/c1-8-19(6,7)25-18(24)11-17-15(12(2)3)9-14(20(21,22)23)10-16(17)13(4)5/h9-10,12-13H,8,11H2,1-7H3. The van der Waals surface area contributed by atoms with Gasteiger partial charge in [-0.2, -0.15) is 13.2 Å². The first-order valence-corrected chi connectivity index (χ1v) is 8.74. The smallest absolute Gasteiger partial charge is 0.416 e. The molecular weight excluding hydrogens is 329 g/mol. The number of alkyl halides is 3. The summed E-state index contributed by atoms with van der Waals surface area (Å²) in [6.07, 6.45) is -3.75. The van der Waals surface area contributed by atoms with E-state index in [1.54, 1.807) is 0 Å². The number of halogens is 3. The molecular formula is C20H29F3O2. The molecule has 0 saturated carbocycles. The lowest BCUT2D eigenvalue weighted by atomic mass is 9.85. The van der Waals surface area contributed by atoms with Gasteiger partial charge in [0.1, 0.15) is 5.60 Å². The molecule has 0 unspecified atom stereocenters. The van der Waals surface area contributed by atoms with Gasteiger partial charge in [-0.1, -0.05) is 34.6 Å². The van der Waals surface area contributed by atoms with Gasteiger partial charge in [0, 0.05) is 0 Å². The molecule has 0 aliphatic rings. The summed E-state index contributed by atoms with van der Waals surface area (Å²) in [6, 6.07) is 2.34. The molecule has 0 bridgehead atoms. The van der Waals surface area contributed by atoms with Crippen LogP contribution in [0.1, 0.15) is 89.0 Å². The molecule has 25 heavy (non-hydrogen) atoms. The van der Waals surface area contributed by atoms with Gasteiger partial charge >= 0.3 is 12.1 Å². The van der Waals surface area contributed by atoms with Crippen LogP contribution < -0.4 is 0 Å². The van der Waals surface area contributed by atoms with E-state index in [2.05, 4.69) is 0 Å². The van der Waals surface area contributed by atoms with Gasteiger partial charge in [0.25, 0.3) is 0 Å². The fraction of sp³-hybridized carbons (Fsp3) is 0.650. The van der Waals surface area contributed by atoms with E-state index in [9.17, 15) is 18.0 Å². The first kappa shape index (κ1) is 21.5. The monoisotopic (exact) mass is 358 g/mol. The predicted octanol–water partition coefficient (Wildman–Crippen LogP) is 6.23. The molecule has 0 saturated heterocycles. The van der Waals surface area contributed by atoms with Crippen molar-refractivity contribution in [3.63, 3.8) is 0 Å². The second-order valence-corrected chi connectivity index (χ2v) is 7.70. The van der Waals surface area contributed by atoms with E-state index >= 15 is 0 Å². The Hall–Kier alpha value is -1.52. The molecule has 1 rings (SSSR count). The highest BCUT2D eigenvalue weighted by atomic mass is 19.4. The number of carbonyl (C=O) groups excluding carboxylic acids is 1. The molecule has 0 radical (unpaired) electrons. The fourth-order valence-electron chi connectivity index (χ4n) is 2.68. The van der Waals surface area contributed by atoms with Crippen molar-refractivity contribution in [2.75, 3.05) is 0 Å². The molecule has 0 N–H and O–H groups in total. The number of ether oxygens (including phenoxy) is 1. The van der Waals surface area contributed by atoms with Crippen LogP contribution in [0, 0.1) is 0 Å². The maximum absolute atomic E-state index is 13.2. The van der Waals surface area contributed by atoms with Crippen LogP contribution in [-0.2, 0) is 22.1 Å². The second kappa shape index (κ2) is 7.79. The van der Waals surface area contributed by atoms with Crippen molar-refractivity contribution < 1.29 is 22.7 Å². The Balaban J connectivity index is 3.39. The van der Waals surface area contributed by atoms with E-state index in [0.717, 1.165) is 0 Å². The molecule has 0 aromatic heterocycles. The van der Waals surface area contributed by atoms with Crippen LogP contribution in [-0.4, -0.2) is 11.6 Å². The Morgan fingerprint density at radius 1 is 1.04 bits per heavy atom. The SMILES string of the molecule is CCC(C)(C)OC(=O)Cc1c(C(C)C)cc(C(F)(F)F)cc1C(C)C. The summed E-state index contributed by atoms with van der Waals surface area (Å²) in [5.41, 5.74) is 0.536. The minimum Gasteiger partial charge on any atom is -0.459 e. The summed E-state index contributed by atoms with van der Waals surface area (Å²) in [5, 5.41) is 0. The summed E-state index contributed by atoms with van der Waals surface area (Å²) >= 11 is 0. The van der Waals surface area contributed by atoms with Crippen LogP contribution in [0.15, 0.2) is 12.1 Å². The van der Waals surface area contributed by atoms with E-state index in [-0.39, 0.29) is 18.3 Å². The van der Waals surface area contributed by atoms with Gasteiger partial charge in [0.15, 0.2) is 0 Å². The topological polar surface area (TPSA) is 26.3 Å². The molecule has 0 amide bonds. The Bertz CT molecular complexity index is 585. The van der Waals surface area contributed by atoms with Crippen LogP contribution in [0.2, 0.25) is 0 Å². The third-order valence-electron chi connectivity index (χ3n) is 4.45. The maximum atomic E-state index is 13.2. The van der Waals surface area contributed by atoms with Crippen LogP contribution in [0.5, 0.6) is 0 Å². The first-order valence-electron chi connectivity index (χ1n) is 8.74. The van der Waals surface area contributed by atoms with E-state index in [1.807, 2.05) is 48.5 Å². The van der Waals surface area contributed by atoms with E-state index in [0.29, 0.717) is 23.1 Å². The molecule has 0 aliphatic heterocycles. The molecule has 1 aromatic rings. The molecule has 0 atom stereocenters. The molecule has 5 heteroatoms. The molecule has 2 nitrogen and oxygen atoms in total. The van der Waals surface area contributed by atoms with Crippen molar-refractivity contribution in [3.05, 3.63) is 34.4 Å². The third kappa shape index (κ3) is 5.75. The highest BCUT2D eigenvalue weighted by Crippen LogP contribution is 2.37. The molecule has 0 fully saturated rings. The Labute approximate surface area is 148 Å². The molecule has 1 aromatic carbocycles. The van der Waals surface area contributed by atoms with Gasteiger partial charge in [-0.15, -0.1) is 0 Å². The number of hydrogen-bond donors (Lipinski definition) is 0. The number of rotatable bonds is 6. The van der Waals surface area contributed by atoms with E-state index in [1.165, 1.54) is 12.1 Å². The van der Waals surface area contributed by atoms with Crippen molar-refractivity contribution in [2.24, 2.45) is 0 Å². The van der Waals surface area contributed by atoms with Gasteiger partial charge < -0.3 is 4.74 Å². The Morgan fingerprint density at radius 2 is 1.48 bits per heavy atom. The third-order valence-corrected chi connectivity index (χ3v) is 4.45. The molecule has 142 valence electrons. The highest BCUT2D eigenvalue weighted by molar-refractivity contribution is 5.74. The summed E-state index contributed by atoms with van der Waals surface area (Å²) in [4.78, 5) is 12.4. The zero-order valence-corrected chi connectivity index (χ0v) is 16.2. The molecule has 0 spiro atoms. The van der Waals surface area contributed by atoms with Gasteiger partial charge in [0.2, 0.25) is 0 Å². The zero-order chi connectivity index (χ0) is 19.6. The van der Waals surface area contributed by atoms with Crippen molar-refractivity contribution in [1.82, 2.24) is 0 Å². The molecule has 0 heterocycles. The number of carbonyl (C=O) groups is 1. The van der Waals surface area contributed by atoms with E-state index in [4.69, 9.17) is 4.74 Å². The van der Waals surface area contributed by atoms with E-state index < -0.39 is 23.3 Å². The lowest BCUT2D eigenvalue weighted by molar-refractivity contribution is -0.155. The van der Waals surface area contributed by atoms with Gasteiger partial charge in [-0.25, -0.2) is 0 Å². The highest BCUT2D eigenvalue weighted by Gasteiger charge is 2.33. The first-order chi connectivity index (χ1) is 11.3. The average molecular weight is 358 g/mol. The summed E-state index contributed by atoms with van der Waals surface area (Å²) in [6.45, 7) is 12.9. The van der Waals surface area contributed by atoms with Crippen molar-refractivity contribution >= 4 is 5.97 Å². The lowest BCUT2D eigenvalue weighted by Gasteiger charge is -2.26. The minimum atomic E-state index is -4.41. The largest absolute Gasteiger partial charge is 0.459 e. The van der Waals surface area contributed by atoms with Crippen molar-refractivity contribution in [2.45, 2.75) is 84.9 Å². The molecule has 0 aliphatic carbocycles. The minimum absolute atomic E-state index is 0.0113. The summed E-state index contributed by atoms with van der Waals surface area (Å²) < 4.78 is 45.2. The number of benzene rings is 1. The van der Waals surface area contributed by atoms with Gasteiger partial charge in [0.05, 0.1) is 12.0 Å². The van der Waals surface area contributed by atoms with Crippen LogP contribution in [0.25, 0.3) is 0 Å². The Morgan fingerprint density at radius 3 is 1.80 bits per heavy atom. The number of esters is 1. The summed E-state index contributed by atoms with van der Waals surface area (Å²) in [5.74, 6) is -0.654. The average Bonchev–Trinajstić information content (AvgIpc) is 2.44. The van der Waals surface area contributed by atoms with Crippen LogP contribution >= 0.6 is 0 Å².